The highest BCUT2D eigenvalue weighted by atomic mass is 16.5. The molecule has 1 atom stereocenters. The van der Waals surface area contributed by atoms with E-state index >= 15 is 0 Å². The van der Waals surface area contributed by atoms with Gasteiger partial charge in [-0.1, -0.05) is 48.5 Å². The quantitative estimate of drug-likeness (QED) is 0.420. The van der Waals surface area contributed by atoms with Crippen LogP contribution < -0.4 is 14.2 Å². The predicted molar refractivity (Wildman–Crippen MR) is 134 cm³/mol. The Bertz CT molecular complexity index is 1240. The second-order valence-electron chi connectivity index (χ2n) is 8.17. The maximum atomic E-state index is 13.2. The molecule has 0 spiro atoms. The Hall–Kier alpha value is -4.33. The summed E-state index contributed by atoms with van der Waals surface area (Å²) in [6.07, 6.45) is 0.537. The van der Waals surface area contributed by atoms with Crippen LogP contribution in [-0.2, 0) is 20.7 Å². The highest BCUT2D eigenvalue weighted by Crippen LogP contribution is 2.33. The molecule has 0 N–H and O–H groups in total. The molecule has 186 valence electrons. The third-order valence-corrected chi connectivity index (χ3v) is 5.93. The molecule has 8 nitrogen and oxygen atoms in total. The minimum absolute atomic E-state index is 0.00588. The maximum Gasteiger partial charge on any atom is 0.310 e. The Labute approximate surface area is 210 Å². The second-order valence-corrected chi connectivity index (χ2v) is 8.17. The number of rotatable bonds is 9. The first kappa shape index (κ1) is 24.8. The average molecular weight is 489 g/mol. The van der Waals surface area contributed by atoms with Gasteiger partial charge in [0.1, 0.15) is 5.75 Å². The van der Waals surface area contributed by atoms with Gasteiger partial charge in [0.25, 0.3) is 5.91 Å². The second kappa shape index (κ2) is 11.4. The van der Waals surface area contributed by atoms with Crippen LogP contribution in [0.4, 0.5) is 0 Å². The number of hydrazone groups is 1. The molecule has 0 radical (unpaired) electrons. The zero-order valence-electron chi connectivity index (χ0n) is 20.5. The molecule has 1 aliphatic rings. The van der Waals surface area contributed by atoms with Crippen LogP contribution in [0.1, 0.15) is 29.2 Å². The minimum Gasteiger partial charge on any atom is -0.497 e. The van der Waals surface area contributed by atoms with Gasteiger partial charge in [-0.15, -0.1) is 0 Å². The van der Waals surface area contributed by atoms with Crippen LogP contribution in [0.25, 0.3) is 0 Å². The number of esters is 1. The van der Waals surface area contributed by atoms with E-state index in [2.05, 4.69) is 5.10 Å². The van der Waals surface area contributed by atoms with Crippen LogP contribution in [0.2, 0.25) is 0 Å². The van der Waals surface area contributed by atoms with Gasteiger partial charge in [-0.25, -0.2) is 5.01 Å². The third-order valence-electron chi connectivity index (χ3n) is 5.93. The monoisotopic (exact) mass is 488 g/mol. The molecule has 3 aromatic rings. The maximum absolute atomic E-state index is 13.2. The Morgan fingerprint density at radius 1 is 0.889 bits per heavy atom. The van der Waals surface area contributed by atoms with Gasteiger partial charge in [0, 0.05) is 6.42 Å². The molecule has 0 bridgehead atoms. The van der Waals surface area contributed by atoms with Crippen molar-refractivity contribution in [1.29, 1.82) is 0 Å². The summed E-state index contributed by atoms with van der Waals surface area (Å²) in [6, 6.07) is 22.1. The van der Waals surface area contributed by atoms with Crippen LogP contribution in [0, 0.1) is 0 Å². The number of benzene rings is 3. The van der Waals surface area contributed by atoms with Crippen molar-refractivity contribution < 1.29 is 28.5 Å². The molecule has 0 fully saturated rings. The lowest BCUT2D eigenvalue weighted by molar-refractivity contribution is -0.152. The fraction of sp³-hybridized carbons (Fsp3) is 0.250. The summed E-state index contributed by atoms with van der Waals surface area (Å²) in [5, 5.41) is 6.02. The van der Waals surface area contributed by atoms with E-state index in [-0.39, 0.29) is 12.5 Å². The molecule has 4 rings (SSSR count). The van der Waals surface area contributed by atoms with Crippen LogP contribution in [0.15, 0.2) is 77.9 Å². The predicted octanol–water partition coefficient (Wildman–Crippen LogP) is 4.18. The lowest BCUT2D eigenvalue weighted by atomic mass is 9.98. The molecule has 36 heavy (non-hydrogen) atoms. The number of carbonyl (C=O) groups is 2. The summed E-state index contributed by atoms with van der Waals surface area (Å²) < 4.78 is 21.1. The lowest BCUT2D eigenvalue weighted by Gasteiger charge is -2.22. The molecule has 0 aliphatic carbocycles. The molecule has 0 unspecified atom stereocenters. The SMILES string of the molecule is COc1ccc([C@@H]2CC(c3ccccc3)=NN2C(=O)COC(=O)Cc2ccc(OC)c(OC)c2)cc1. The molecule has 0 saturated carbocycles. The van der Waals surface area contributed by atoms with Gasteiger partial charge in [0.15, 0.2) is 18.1 Å². The van der Waals surface area contributed by atoms with Gasteiger partial charge in [-0.05, 0) is 41.0 Å². The largest absolute Gasteiger partial charge is 0.497 e. The molecule has 1 aliphatic heterocycles. The Balaban J connectivity index is 1.46. The highest BCUT2D eigenvalue weighted by molar-refractivity contribution is 6.03. The summed E-state index contributed by atoms with van der Waals surface area (Å²) in [7, 11) is 4.67. The topological polar surface area (TPSA) is 86.7 Å². The van der Waals surface area contributed by atoms with Crippen molar-refractivity contribution in [2.45, 2.75) is 18.9 Å². The third kappa shape index (κ3) is 5.66. The summed E-state index contributed by atoms with van der Waals surface area (Å²) in [4.78, 5) is 25.6. The van der Waals surface area contributed by atoms with Crippen molar-refractivity contribution in [3.8, 4) is 17.2 Å². The first-order chi connectivity index (χ1) is 17.5. The number of carbonyl (C=O) groups excluding carboxylic acids is 2. The Morgan fingerprint density at radius 2 is 1.61 bits per heavy atom. The fourth-order valence-electron chi connectivity index (χ4n) is 4.05. The van der Waals surface area contributed by atoms with Gasteiger partial charge in [0.05, 0.1) is 39.5 Å². The molecule has 3 aromatic carbocycles. The molecule has 0 aromatic heterocycles. The summed E-state index contributed by atoms with van der Waals surface area (Å²) in [5.41, 5.74) is 3.33. The van der Waals surface area contributed by atoms with Crippen LogP contribution >= 0.6 is 0 Å². The van der Waals surface area contributed by atoms with Crippen molar-refractivity contribution in [2.24, 2.45) is 5.10 Å². The minimum atomic E-state index is -0.525. The van der Waals surface area contributed by atoms with Gasteiger partial charge in [0.2, 0.25) is 0 Å². The van der Waals surface area contributed by atoms with Crippen molar-refractivity contribution >= 4 is 17.6 Å². The van der Waals surface area contributed by atoms with E-state index in [1.807, 2.05) is 54.6 Å². The normalized spacial score (nSPS) is 14.7. The van der Waals surface area contributed by atoms with Gasteiger partial charge in [-0.3, -0.25) is 9.59 Å². The first-order valence-electron chi connectivity index (χ1n) is 11.5. The van der Waals surface area contributed by atoms with Gasteiger partial charge < -0.3 is 18.9 Å². The van der Waals surface area contributed by atoms with Crippen molar-refractivity contribution in [2.75, 3.05) is 27.9 Å². The molecular weight excluding hydrogens is 460 g/mol. The smallest absolute Gasteiger partial charge is 0.310 e. The standard InChI is InChI=1S/C28H28N2O6/c1-33-22-12-10-21(11-13-22)24-17-23(20-7-5-4-6-8-20)29-30(24)27(31)18-36-28(32)16-19-9-14-25(34-2)26(15-19)35-3/h4-15,24H,16-18H2,1-3H3/t24-/m0/s1. The Morgan fingerprint density at radius 3 is 2.28 bits per heavy atom. The van der Waals surface area contributed by atoms with Crippen molar-refractivity contribution in [1.82, 2.24) is 5.01 Å². The zero-order chi connectivity index (χ0) is 25.5. The number of hydrogen-bond acceptors (Lipinski definition) is 7. The van der Waals surface area contributed by atoms with E-state index in [1.54, 1.807) is 32.4 Å². The lowest BCUT2D eigenvalue weighted by Crippen LogP contribution is -2.31. The number of hydrogen-bond donors (Lipinski definition) is 0. The number of amides is 1. The van der Waals surface area contributed by atoms with E-state index < -0.39 is 18.5 Å². The molecule has 1 amide bonds. The number of ether oxygens (including phenoxy) is 4. The Kier molecular flexibility index (Phi) is 7.85. The van der Waals surface area contributed by atoms with Crippen molar-refractivity contribution in [3.05, 3.63) is 89.5 Å². The fourth-order valence-corrected chi connectivity index (χ4v) is 4.05. The number of methoxy groups -OCH3 is 3. The van der Waals surface area contributed by atoms with E-state index in [1.165, 1.54) is 12.1 Å². The zero-order valence-corrected chi connectivity index (χ0v) is 20.5. The molecule has 0 saturated heterocycles. The van der Waals surface area contributed by atoms with Crippen molar-refractivity contribution in [3.63, 3.8) is 0 Å². The van der Waals surface area contributed by atoms with E-state index in [0.29, 0.717) is 23.5 Å². The van der Waals surface area contributed by atoms with Crippen LogP contribution in [0.3, 0.4) is 0 Å². The molecular formula is C28H28N2O6. The summed E-state index contributed by atoms with van der Waals surface area (Å²) in [5.74, 6) is 0.880. The highest BCUT2D eigenvalue weighted by Gasteiger charge is 2.33. The van der Waals surface area contributed by atoms with Gasteiger partial charge in [-0.2, -0.15) is 5.10 Å². The van der Waals surface area contributed by atoms with E-state index in [0.717, 1.165) is 22.6 Å². The van der Waals surface area contributed by atoms with Crippen LogP contribution in [-0.4, -0.2) is 50.5 Å². The molecule has 8 heteroatoms. The average Bonchev–Trinajstić information content (AvgIpc) is 3.38. The summed E-state index contributed by atoms with van der Waals surface area (Å²) in [6.45, 7) is -0.412. The van der Waals surface area contributed by atoms with E-state index in [4.69, 9.17) is 18.9 Å². The van der Waals surface area contributed by atoms with Gasteiger partial charge >= 0.3 is 5.97 Å². The van der Waals surface area contributed by atoms with Crippen LogP contribution in [0.5, 0.6) is 17.2 Å². The van der Waals surface area contributed by atoms with E-state index in [9.17, 15) is 9.59 Å². The first-order valence-corrected chi connectivity index (χ1v) is 11.5. The summed E-state index contributed by atoms with van der Waals surface area (Å²) >= 11 is 0. The number of nitrogens with zero attached hydrogens (tertiary/aromatic N) is 2. The molecule has 1 heterocycles.